The van der Waals surface area contributed by atoms with E-state index in [1.54, 1.807) is 6.33 Å². The monoisotopic (exact) mass is 357 g/mol. The van der Waals surface area contributed by atoms with Gasteiger partial charge in [-0.2, -0.15) is 0 Å². The Bertz CT molecular complexity index is 667. The summed E-state index contributed by atoms with van der Waals surface area (Å²) < 4.78 is 18.7. The number of aromatic nitrogens is 4. The van der Waals surface area contributed by atoms with Gasteiger partial charge in [0.1, 0.15) is 18.1 Å². The summed E-state index contributed by atoms with van der Waals surface area (Å²) in [5.41, 5.74) is 1.55. The third-order valence-corrected chi connectivity index (χ3v) is 8.33. The number of nitrogens with zero attached hydrogens (tertiary/aromatic N) is 4. The minimum absolute atomic E-state index is 0.0393. The fourth-order valence-electron chi connectivity index (χ4n) is 2.71. The third-order valence-electron chi connectivity index (χ3n) is 3.87. The van der Waals surface area contributed by atoms with E-state index in [1.807, 2.05) is 11.6 Å². The number of ether oxygens (including phenoxy) is 1. The molecule has 0 amide bonds. The molecule has 1 aliphatic rings. The van der Waals surface area contributed by atoms with Gasteiger partial charge in [-0.05, 0) is 26.5 Å². The normalized spacial score (nSPS) is 26.2. The molecule has 2 aromatic rings. The van der Waals surface area contributed by atoms with Crippen LogP contribution >= 0.6 is 24.4 Å². The lowest BCUT2D eigenvalue weighted by molar-refractivity contribution is 0.0101. The van der Waals surface area contributed by atoms with Crippen LogP contribution in [-0.4, -0.2) is 38.8 Å². The lowest BCUT2D eigenvalue weighted by atomic mass is 10.1. The average molecular weight is 357 g/mol. The molecule has 0 saturated carbocycles. The van der Waals surface area contributed by atoms with Crippen molar-refractivity contribution in [2.45, 2.75) is 25.7 Å². The van der Waals surface area contributed by atoms with E-state index in [1.165, 1.54) is 6.33 Å². The Labute approximate surface area is 133 Å². The number of hydrogen-bond acceptors (Lipinski definition) is 6. The van der Waals surface area contributed by atoms with Crippen LogP contribution in [0.1, 0.15) is 19.6 Å². The Morgan fingerprint density at radius 1 is 1.50 bits per heavy atom. The number of hydrogen-bond donors (Lipinski definition) is 1. The van der Waals surface area contributed by atoms with Crippen LogP contribution in [0, 0.1) is 5.92 Å². The van der Waals surface area contributed by atoms with Crippen molar-refractivity contribution in [1.29, 1.82) is 0 Å². The summed E-state index contributed by atoms with van der Waals surface area (Å²) >= 11 is 0. The Hall–Kier alpha value is -0.730. The number of nitrogens with one attached hydrogen (secondary N) is 1. The highest BCUT2D eigenvalue weighted by Crippen LogP contribution is 2.49. The van der Waals surface area contributed by atoms with Gasteiger partial charge in [-0.15, -0.1) is 0 Å². The second-order valence-electron chi connectivity index (χ2n) is 5.22. The Kier molecular flexibility index (Phi) is 5.30. The maximum absolute atomic E-state index is 10.6. The summed E-state index contributed by atoms with van der Waals surface area (Å²) in [6.07, 6.45) is 5.42. The molecule has 10 heteroatoms. The third kappa shape index (κ3) is 3.14. The van der Waals surface area contributed by atoms with Crippen molar-refractivity contribution in [3.63, 3.8) is 0 Å². The van der Waals surface area contributed by atoms with Crippen LogP contribution in [-0.2, 0) is 9.30 Å². The summed E-state index contributed by atoms with van der Waals surface area (Å²) in [7, 11) is 3.28. The molecule has 0 radical (unpaired) electrons. The molecule has 3 heterocycles. The number of fused-ring (bicyclic) bond motifs is 1. The van der Waals surface area contributed by atoms with Crippen LogP contribution in [0.5, 0.6) is 0 Å². The van der Waals surface area contributed by atoms with E-state index in [2.05, 4.69) is 27.2 Å². The number of anilines is 1. The zero-order valence-corrected chi connectivity index (χ0v) is 15.2. The van der Waals surface area contributed by atoms with Gasteiger partial charge in [0, 0.05) is 7.05 Å². The zero-order valence-electron chi connectivity index (χ0n) is 12.4. The van der Waals surface area contributed by atoms with Gasteiger partial charge in [0.2, 0.25) is 0 Å². The highest BCUT2D eigenvalue weighted by atomic mass is 32.4. The fourth-order valence-corrected chi connectivity index (χ4v) is 6.04. The quantitative estimate of drug-likeness (QED) is 0.631. The molecule has 0 bridgehead atoms. The van der Waals surface area contributed by atoms with E-state index in [0.29, 0.717) is 22.1 Å². The first-order chi connectivity index (χ1) is 10.7. The molecule has 1 saturated heterocycles. The molecule has 1 N–H and O–H groups in total. The molecule has 3 unspecified atom stereocenters. The van der Waals surface area contributed by atoms with Crippen LogP contribution in [0.4, 0.5) is 5.82 Å². The van der Waals surface area contributed by atoms with Crippen molar-refractivity contribution in [3.05, 3.63) is 12.7 Å². The summed E-state index contributed by atoms with van der Waals surface area (Å²) in [6, 6.07) is 0. The van der Waals surface area contributed by atoms with E-state index in [0.717, 1.165) is 29.6 Å². The number of rotatable bonds is 6. The first-order valence-electron chi connectivity index (χ1n) is 7.05. The Morgan fingerprint density at radius 3 is 3.14 bits per heavy atom. The molecule has 0 spiro atoms. The van der Waals surface area contributed by atoms with Crippen molar-refractivity contribution in [2.24, 2.45) is 5.92 Å². The summed E-state index contributed by atoms with van der Waals surface area (Å²) in [6.45, 7) is 2.21. The molecule has 0 aliphatic carbocycles. The highest BCUT2D eigenvalue weighted by molar-refractivity contribution is 8.40. The maximum Gasteiger partial charge on any atom is 0.182 e. The summed E-state index contributed by atoms with van der Waals surface area (Å²) in [4.78, 5) is 12.9. The van der Waals surface area contributed by atoms with Gasteiger partial charge in [-0.3, -0.25) is 9.13 Å². The predicted octanol–water partition coefficient (Wildman–Crippen LogP) is 3.27. The molecule has 2 aromatic heterocycles. The smallest absolute Gasteiger partial charge is 0.182 e. The van der Waals surface area contributed by atoms with Crippen LogP contribution in [0.15, 0.2) is 12.7 Å². The molecule has 1 aliphatic heterocycles. The highest BCUT2D eigenvalue weighted by Gasteiger charge is 2.33. The van der Waals surface area contributed by atoms with Gasteiger partial charge in [0.15, 0.2) is 19.6 Å². The van der Waals surface area contributed by atoms with Crippen LogP contribution in [0.25, 0.3) is 11.2 Å². The Balaban J connectivity index is 1.79. The van der Waals surface area contributed by atoms with Crippen molar-refractivity contribution >= 4 is 41.4 Å². The van der Waals surface area contributed by atoms with Crippen LogP contribution < -0.4 is 5.32 Å². The van der Waals surface area contributed by atoms with E-state index in [9.17, 15) is 4.57 Å². The minimum atomic E-state index is -0.0393. The lowest BCUT2D eigenvalue weighted by Crippen LogP contribution is -2.16. The number of imidazole rings is 1. The largest absolute Gasteiger partial charge is 0.371 e. The van der Waals surface area contributed by atoms with E-state index in [4.69, 9.17) is 4.74 Å². The van der Waals surface area contributed by atoms with Gasteiger partial charge < -0.3 is 10.1 Å². The van der Waals surface area contributed by atoms with Crippen molar-refractivity contribution in [3.8, 4) is 0 Å². The molecule has 22 heavy (non-hydrogen) atoms. The second-order valence-corrected chi connectivity index (χ2v) is 10.7. The lowest BCUT2D eigenvalue weighted by Gasteiger charge is -2.15. The van der Waals surface area contributed by atoms with Gasteiger partial charge in [-0.1, -0.05) is 15.2 Å². The zero-order chi connectivity index (χ0) is 15.5. The Morgan fingerprint density at radius 2 is 2.36 bits per heavy atom. The SMILES string of the molecule is CNc1ncnc2c1ncn2[C@H]1CC(C)[C@@H](CPPP=O)O1. The molecular formula is C12H18N5O2P3. The standard InChI is InChI=1S/C12H18N5O2P3/c1-7-3-9(19-8(7)4-20-22-21-18)17-6-16-10-11(13-2)14-5-15-12(10)17/h5-9,20,22H,3-4H2,1-2H3,(H,13,14,15)/t7?,8-,9-/m1/s1. The summed E-state index contributed by atoms with van der Waals surface area (Å²) in [5, 5.41) is 3.03. The molecule has 1 fully saturated rings. The van der Waals surface area contributed by atoms with Crippen molar-refractivity contribution in [1.82, 2.24) is 19.5 Å². The van der Waals surface area contributed by atoms with Crippen molar-refractivity contribution < 1.29 is 9.30 Å². The van der Waals surface area contributed by atoms with Gasteiger partial charge in [-0.25, -0.2) is 15.0 Å². The van der Waals surface area contributed by atoms with Crippen LogP contribution in [0.3, 0.4) is 0 Å². The molecule has 5 atom stereocenters. The van der Waals surface area contributed by atoms with E-state index < -0.39 is 0 Å². The second kappa shape index (κ2) is 7.23. The molecular weight excluding hydrogens is 339 g/mol. The first kappa shape index (κ1) is 16.1. The molecule has 0 aromatic carbocycles. The van der Waals surface area contributed by atoms with Gasteiger partial charge >= 0.3 is 0 Å². The van der Waals surface area contributed by atoms with E-state index in [-0.39, 0.29) is 20.5 Å². The van der Waals surface area contributed by atoms with Gasteiger partial charge in [0.05, 0.1) is 12.4 Å². The molecule has 7 nitrogen and oxygen atoms in total. The molecule has 3 rings (SSSR count). The minimum Gasteiger partial charge on any atom is -0.371 e. The topological polar surface area (TPSA) is 81.9 Å². The predicted molar refractivity (Wildman–Crippen MR) is 91.7 cm³/mol. The molecule has 118 valence electrons. The van der Waals surface area contributed by atoms with Crippen molar-refractivity contribution in [2.75, 3.05) is 18.5 Å². The average Bonchev–Trinajstić information content (AvgIpc) is 3.11. The van der Waals surface area contributed by atoms with Gasteiger partial charge in [0.25, 0.3) is 0 Å². The summed E-state index contributed by atoms with van der Waals surface area (Å²) in [5.74, 6) is 1.21. The fraction of sp³-hybridized carbons (Fsp3) is 0.583. The van der Waals surface area contributed by atoms with E-state index >= 15 is 0 Å². The first-order valence-corrected chi connectivity index (χ1v) is 11.9. The van der Waals surface area contributed by atoms with Crippen LogP contribution in [0.2, 0.25) is 0 Å². The maximum atomic E-state index is 10.6.